The first-order valence-electron chi connectivity index (χ1n) is 10.8. The molecule has 6 nitrogen and oxygen atoms in total. The maximum absolute atomic E-state index is 6.11. The normalized spacial score (nSPS) is 20.0. The van der Waals surface area contributed by atoms with Gasteiger partial charge in [0, 0.05) is 37.8 Å². The van der Waals surface area contributed by atoms with E-state index in [1.54, 1.807) is 0 Å². The van der Waals surface area contributed by atoms with Crippen molar-refractivity contribution in [1.82, 2.24) is 10.6 Å². The number of nitrogens with one attached hydrogen (secondary N) is 2. The van der Waals surface area contributed by atoms with E-state index in [2.05, 4.69) is 29.7 Å². The molecule has 0 amide bonds. The van der Waals surface area contributed by atoms with Crippen LogP contribution in [0.1, 0.15) is 44.6 Å². The van der Waals surface area contributed by atoms with E-state index in [9.17, 15) is 0 Å². The summed E-state index contributed by atoms with van der Waals surface area (Å²) in [5.74, 6) is 2.38. The molecular weight excluding hydrogens is 354 g/mol. The largest absolute Gasteiger partial charge is 0.490 e. The van der Waals surface area contributed by atoms with Gasteiger partial charge in [-0.1, -0.05) is 18.2 Å². The van der Waals surface area contributed by atoms with Crippen LogP contribution in [0.3, 0.4) is 0 Å². The van der Waals surface area contributed by atoms with Gasteiger partial charge in [0.2, 0.25) is 0 Å². The molecule has 1 saturated heterocycles. The molecule has 1 aromatic rings. The van der Waals surface area contributed by atoms with Crippen molar-refractivity contribution >= 4 is 5.96 Å². The molecular formula is C22H35N3O3. The van der Waals surface area contributed by atoms with Crippen LogP contribution in [0.25, 0.3) is 0 Å². The Morgan fingerprint density at radius 3 is 2.86 bits per heavy atom. The fourth-order valence-corrected chi connectivity index (χ4v) is 3.27. The molecule has 3 rings (SSSR count). The Bertz CT molecular complexity index is 598. The molecule has 0 spiro atoms. The standard InChI is InChI=1S/C22H35N3O3/c1-2-23-22(24-12-6-13-26-16-18-11-14-27-17-18)25-15-19-7-3-4-10-21(19)28-20-8-5-9-20/h3-4,7,10,18,20H,2,5-6,8-9,11-17H2,1H3,(H2,23,24,25). The van der Waals surface area contributed by atoms with E-state index in [-0.39, 0.29) is 0 Å². The maximum atomic E-state index is 6.11. The number of ether oxygens (including phenoxy) is 3. The molecule has 6 heteroatoms. The molecule has 0 radical (unpaired) electrons. The first kappa shape index (κ1) is 20.9. The lowest BCUT2D eigenvalue weighted by atomic mass is 9.96. The van der Waals surface area contributed by atoms with Crippen molar-refractivity contribution in [2.75, 3.05) is 39.5 Å². The van der Waals surface area contributed by atoms with E-state index in [0.29, 0.717) is 18.6 Å². The van der Waals surface area contributed by atoms with Gasteiger partial charge >= 0.3 is 0 Å². The molecule has 1 saturated carbocycles. The average Bonchev–Trinajstić information content (AvgIpc) is 3.19. The van der Waals surface area contributed by atoms with Crippen LogP contribution in [0.2, 0.25) is 0 Å². The summed E-state index contributed by atoms with van der Waals surface area (Å²) < 4.78 is 17.2. The van der Waals surface area contributed by atoms with Crippen molar-refractivity contribution < 1.29 is 14.2 Å². The first-order chi connectivity index (χ1) is 13.8. The zero-order valence-electron chi connectivity index (χ0n) is 17.1. The van der Waals surface area contributed by atoms with Crippen LogP contribution >= 0.6 is 0 Å². The number of aliphatic imine (C=N–C) groups is 1. The quantitative estimate of drug-likeness (QED) is 0.346. The predicted molar refractivity (Wildman–Crippen MR) is 112 cm³/mol. The average molecular weight is 390 g/mol. The second-order valence-corrected chi connectivity index (χ2v) is 7.56. The number of para-hydroxylation sites is 1. The maximum Gasteiger partial charge on any atom is 0.191 e. The summed E-state index contributed by atoms with van der Waals surface area (Å²) in [6, 6.07) is 8.23. The van der Waals surface area contributed by atoms with Gasteiger partial charge in [0.05, 0.1) is 25.9 Å². The second-order valence-electron chi connectivity index (χ2n) is 7.56. The second kappa shape index (κ2) is 11.9. The topological polar surface area (TPSA) is 64.1 Å². The van der Waals surface area contributed by atoms with Gasteiger partial charge in [0.1, 0.15) is 5.75 Å². The highest BCUT2D eigenvalue weighted by molar-refractivity contribution is 5.79. The van der Waals surface area contributed by atoms with Gasteiger partial charge in [-0.25, -0.2) is 4.99 Å². The van der Waals surface area contributed by atoms with Crippen molar-refractivity contribution in [3.8, 4) is 5.75 Å². The zero-order chi connectivity index (χ0) is 19.4. The molecule has 2 aliphatic rings. The molecule has 1 aliphatic heterocycles. The predicted octanol–water partition coefficient (Wildman–Crippen LogP) is 3.12. The molecule has 1 unspecified atom stereocenters. The van der Waals surface area contributed by atoms with Gasteiger partial charge in [0.15, 0.2) is 5.96 Å². The van der Waals surface area contributed by atoms with Gasteiger partial charge in [-0.2, -0.15) is 0 Å². The fourth-order valence-electron chi connectivity index (χ4n) is 3.27. The van der Waals surface area contributed by atoms with E-state index in [0.717, 1.165) is 82.5 Å². The number of benzene rings is 1. The van der Waals surface area contributed by atoms with Gasteiger partial charge in [-0.15, -0.1) is 0 Å². The molecule has 1 heterocycles. The number of nitrogens with zero attached hydrogens (tertiary/aromatic N) is 1. The summed E-state index contributed by atoms with van der Waals surface area (Å²) in [5.41, 5.74) is 1.13. The summed E-state index contributed by atoms with van der Waals surface area (Å²) in [7, 11) is 0. The Kier molecular flexibility index (Phi) is 8.91. The Morgan fingerprint density at radius 2 is 2.11 bits per heavy atom. The van der Waals surface area contributed by atoms with Crippen LogP contribution in [0.5, 0.6) is 5.75 Å². The Morgan fingerprint density at radius 1 is 1.21 bits per heavy atom. The minimum Gasteiger partial charge on any atom is -0.490 e. The van der Waals surface area contributed by atoms with Gasteiger partial charge < -0.3 is 24.8 Å². The Labute approximate surface area is 169 Å². The van der Waals surface area contributed by atoms with Gasteiger partial charge in [-0.3, -0.25) is 0 Å². The van der Waals surface area contributed by atoms with Crippen LogP contribution in [-0.4, -0.2) is 51.6 Å². The third-order valence-corrected chi connectivity index (χ3v) is 5.21. The highest BCUT2D eigenvalue weighted by atomic mass is 16.5. The third kappa shape index (κ3) is 6.99. The highest BCUT2D eigenvalue weighted by Gasteiger charge is 2.20. The molecule has 0 bridgehead atoms. The molecule has 1 aliphatic carbocycles. The first-order valence-corrected chi connectivity index (χ1v) is 10.8. The van der Waals surface area contributed by atoms with Crippen LogP contribution in [-0.2, 0) is 16.0 Å². The number of rotatable bonds is 11. The summed E-state index contributed by atoms with van der Waals surface area (Å²) in [5, 5.41) is 6.71. The molecule has 1 aromatic carbocycles. The van der Waals surface area contributed by atoms with Crippen molar-refractivity contribution in [3.05, 3.63) is 29.8 Å². The number of hydrogen-bond donors (Lipinski definition) is 2. The summed E-state index contributed by atoms with van der Waals surface area (Å²) in [6.45, 7) is 7.67. The lowest BCUT2D eigenvalue weighted by molar-refractivity contribution is 0.0888. The van der Waals surface area contributed by atoms with Crippen molar-refractivity contribution in [2.24, 2.45) is 10.9 Å². The van der Waals surface area contributed by atoms with Crippen molar-refractivity contribution in [3.63, 3.8) is 0 Å². The summed E-state index contributed by atoms with van der Waals surface area (Å²) in [6.07, 6.45) is 6.07. The molecule has 2 N–H and O–H groups in total. The summed E-state index contributed by atoms with van der Waals surface area (Å²) >= 11 is 0. The van der Waals surface area contributed by atoms with Crippen molar-refractivity contribution in [1.29, 1.82) is 0 Å². The van der Waals surface area contributed by atoms with E-state index in [1.807, 2.05) is 12.1 Å². The van der Waals surface area contributed by atoms with Crippen molar-refractivity contribution in [2.45, 2.75) is 51.7 Å². The summed E-state index contributed by atoms with van der Waals surface area (Å²) in [4.78, 5) is 4.73. The molecule has 1 atom stereocenters. The van der Waals surface area contributed by atoms with E-state index in [4.69, 9.17) is 19.2 Å². The third-order valence-electron chi connectivity index (χ3n) is 5.21. The number of guanidine groups is 1. The zero-order valence-corrected chi connectivity index (χ0v) is 17.1. The van der Waals surface area contributed by atoms with E-state index < -0.39 is 0 Å². The molecule has 156 valence electrons. The molecule has 28 heavy (non-hydrogen) atoms. The highest BCUT2D eigenvalue weighted by Crippen LogP contribution is 2.27. The Hall–Kier alpha value is -1.79. The smallest absolute Gasteiger partial charge is 0.191 e. The number of hydrogen-bond acceptors (Lipinski definition) is 4. The lowest BCUT2D eigenvalue weighted by Crippen LogP contribution is -2.38. The van der Waals surface area contributed by atoms with Crippen LogP contribution in [0, 0.1) is 5.92 Å². The van der Waals surface area contributed by atoms with Gasteiger partial charge in [-0.05, 0) is 45.1 Å². The fraction of sp³-hybridized carbons (Fsp3) is 0.682. The molecule has 2 fully saturated rings. The molecule has 0 aromatic heterocycles. The van der Waals surface area contributed by atoms with E-state index >= 15 is 0 Å². The monoisotopic (exact) mass is 389 g/mol. The SMILES string of the molecule is CCNC(=NCc1ccccc1OC1CCC1)NCCCOCC1CCOC1. The van der Waals surface area contributed by atoms with Crippen LogP contribution < -0.4 is 15.4 Å². The minimum absolute atomic E-state index is 0.382. The minimum atomic E-state index is 0.382. The lowest BCUT2D eigenvalue weighted by Gasteiger charge is -2.27. The van der Waals surface area contributed by atoms with Crippen LogP contribution in [0.4, 0.5) is 0 Å². The Balaban J connectivity index is 1.39. The van der Waals surface area contributed by atoms with Gasteiger partial charge in [0.25, 0.3) is 0 Å². The van der Waals surface area contributed by atoms with E-state index in [1.165, 1.54) is 6.42 Å². The van der Waals surface area contributed by atoms with Crippen LogP contribution in [0.15, 0.2) is 29.3 Å².